The van der Waals surface area contributed by atoms with Crippen LogP contribution in [0.25, 0.3) is 0 Å². The number of likely N-dealkylation sites (tertiary alicyclic amines) is 1. The summed E-state index contributed by atoms with van der Waals surface area (Å²) in [6.45, 7) is 11.6. The zero-order valence-corrected chi connectivity index (χ0v) is 12.3. The lowest BCUT2D eigenvalue weighted by molar-refractivity contribution is 0.172. The summed E-state index contributed by atoms with van der Waals surface area (Å²) in [6.07, 6.45) is 2.64. The third-order valence-corrected chi connectivity index (χ3v) is 4.33. The molecule has 0 bridgehead atoms. The number of benzene rings is 1. The van der Waals surface area contributed by atoms with Gasteiger partial charge in [-0.1, -0.05) is 38.1 Å². The second-order valence-electron chi connectivity index (χ2n) is 6.23. The highest BCUT2D eigenvalue weighted by molar-refractivity contribution is 5.27. The topological polar surface area (TPSA) is 3.24 Å². The molecule has 0 atom stereocenters. The lowest BCUT2D eigenvalue weighted by Gasteiger charge is -2.34. The Morgan fingerprint density at radius 3 is 1.94 bits per heavy atom. The van der Waals surface area contributed by atoms with Crippen LogP contribution in [0.3, 0.4) is 0 Å². The fourth-order valence-corrected chi connectivity index (χ4v) is 2.90. The molecule has 0 saturated carbocycles. The van der Waals surface area contributed by atoms with Crippen LogP contribution in [0.15, 0.2) is 24.3 Å². The molecule has 0 aliphatic carbocycles. The van der Waals surface area contributed by atoms with E-state index in [-0.39, 0.29) is 0 Å². The second kappa shape index (κ2) is 5.88. The Labute approximate surface area is 112 Å². The molecule has 0 N–H and O–H groups in total. The lowest BCUT2D eigenvalue weighted by Crippen LogP contribution is -2.37. The second-order valence-corrected chi connectivity index (χ2v) is 6.23. The summed E-state index contributed by atoms with van der Waals surface area (Å²) in [7, 11) is 0. The van der Waals surface area contributed by atoms with E-state index in [1.165, 1.54) is 31.5 Å². The quantitative estimate of drug-likeness (QED) is 0.763. The van der Waals surface area contributed by atoms with Crippen LogP contribution in [0.4, 0.5) is 0 Å². The van der Waals surface area contributed by atoms with E-state index in [4.69, 9.17) is 0 Å². The molecule has 100 valence electrons. The van der Waals surface area contributed by atoms with E-state index in [9.17, 15) is 0 Å². The van der Waals surface area contributed by atoms with Gasteiger partial charge in [-0.05, 0) is 62.7 Å². The van der Waals surface area contributed by atoms with Crippen molar-refractivity contribution in [2.24, 2.45) is 0 Å². The first-order valence-electron chi connectivity index (χ1n) is 7.42. The lowest BCUT2D eigenvalue weighted by atomic mass is 9.88. The molecule has 1 aliphatic rings. The molecule has 1 fully saturated rings. The van der Waals surface area contributed by atoms with Gasteiger partial charge in [-0.25, -0.2) is 0 Å². The normalized spacial score (nSPS) is 18.8. The van der Waals surface area contributed by atoms with Crippen molar-refractivity contribution in [1.29, 1.82) is 0 Å². The van der Waals surface area contributed by atoms with E-state index < -0.39 is 0 Å². The van der Waals surface area contributed by atoms with Crippen LogP contribution in [0.5, 0.6) is 0 Å². The Balaban J connectivity index is 1.97. The maximum atomic E-state index is 2.60. The van der Waals surface area contributed by atoms with E-state index in [1.807, 2.05) is 0 Å². The van der Waals surface area contributed by atoms with Gasteiger partial charge in [0.2, 0.25) is 0 Å². The van der Waals surface area contributed by atoms with Gasteiger partial charge in [-0.3, -0.25) is 0 Å². The highest BCUT2D eigenvalue weighted by atomic mass is 15.1. The van der Waals surface area contributed by atoms with Crippen molar-refractivity contribution in [3.8, 4) is 0 Å². The summed E-state index contributed by atoms with van der Waals surface area (Å²) in [4.78, 5) is 2.60. The molecule has 1 aromatic carbocycles. The standard InChI is InChI=1S/C17H27N/c1-13(2)15-5-7-16(8-6-15)17-9-11-18(12-10-17)14(3)4/h5-8,13-14,17H,9-12H2,1-4H3. The maximum absolute atomic E-state index is 2.60. The Bertz CT molecular complexity index is 356. The first-order valence-corrected chi connectivity index (χ1v) is 7.42. The van der Waals surface area contributed by atoms with Gasteiger partial charge in [0.25, 0.3) is 0 Å². The van der Waals surface area contributed by atoms with Gasteiger partial charge in [0.05, 0.1) is 0 Å². The van der Waals surface area contributed by atoms with Gasteiger partial charge >= 0.3 is 0 Å². The minimum Gasteiger partial charge on any atom is -0.301 e. The molecule has 0 amide bonds. The SMILES string of the molecule is CC(C)c1ccc(C2CCN(C(C)C)CC2)cc1. The summed E-state index contributed by atoms with van der Waals surface area (Å²) < 4.78 is 0. The van der Waals surface area contributed by atoms with Gasteiger partial charge in [-0.15, -0.1) is 0 Å². The van der Waals surface area contributed by atoms with Crippen LogP contribution in [0.1, 0.15) is 63.5 Å². The predicted octanol–water partition coefficient (Wildman–Crippen LogP) is 4.40. The number of hydrogen-bond donors (Lipinski definition) is 0. The molecule has 1 nitrogen and oxygen atoms in total. The summed E-state index contributed by atoms with van der Waals surface area (Å²) in [6, 6.07) is 10.0. The van der Waals surface area contributed by atoms with Crippen molar-refractivity contribution < 1.29 is 0 Å². The Hall–Kier alpha value is -0.820. The molecule has 0 unspecified atom stereocenters. The number of rotatable bonds is 3. The molecule has 1 aliphatic heterocycles. The van der Waals surface area contributed by atoms with Gasteiger partial charge in [0.1, 0.15) is 0 Å². The van der Waals surface area contributed by atoms with Crippen LogP contribution in [-0.2, 0) is 0 Å². The highest BCUT2D eigenvalue weighted by Gasteiger charge is 2.21. The molecule has 1 heteroatoms. The Kier molecular flexibility index (Phi) is 4.45. The molecular weight excluding hydrogens is 218 g/mol. The predicted molar refractivity (Wildman–Crippen MR) is 79.2 cm³/mol. The van der Waals surface area contributed by atoms with E-state index >= 15 is 0 Å². The van der Waals surface area contributed by atoms with Gasteiger partial charge in [-0.2, -0.15) is 0 Å². The van der Waals surface area contributed by atoms with E-state index in [1.54, 1.807) is 5.56 Å². The van der Waals surface area contributed by atoms with Crippen molar-refractivity contribution in [3.63, 3.8) is 0 Å². The van der Waals surface area contributed by atoms with Crippen LogP contribution >= 0.6 is 0 Å². The largest absolute Gasteiger partial charge is 0.301 e. The minimum absolute atomic E-state index is 0.641. The maximum Gasteiger partial charge on any atom is 0.00385 e. The van der Waals surface area contributed by atoms with Gasteiger partial charge in [0.15, 0.2) is 0 Å². The minimum atomic E-state index is 0.641. The highest BCUT2D eigenvalue weighted by Crippen LogP contribution is 2.29. The summed E-state index contributed by atoms with van der Waals surface area (Å²) in [5, 5.41) is 0. The molecule has 0 radical (unpaired) electrons. The molecule has 1 heterocycles. The van der Waals surface area contributed by atoms with Crippen molar-refractivity contribution in [1.82, 2.24) is 4.90 Å². The molecule has 1 saturated heterocycles. The zero-order chi connectivity index (χ0) is 13.1. The zero-order valence-electron chi connectivity index (χ0n) is 12.3. The summed E-state index contributed by atoms with van der Waals surface area (Å²) in [5.74, 6) is 1.42. The fraction of sp³-hybridized carbons (Fsp3) is 0.647. The van der Waals surface area contributed by atoms with E-state index in [0.717, 1.165) is 5.92 Å². The number of nitrogens with zero attached hydrogens (tertiary/aromatic N) is 1. The van der Waals surface area contributed by atoms with E-state index in [0.29, 0.717) is 12.0 Å². The molecule has 0 spiro atoms. The van der Waals surface area contributed by atoms with Crippen LogP contribution in [-0.4, -0.2) is 24.0 Å². The molecule has 1 aromatic rings. The Morgan fingerprint density at radius 2 is 1.50 bits per heavy atom. The van der Waals surface area contributed by atoms with Crippen molar-refractivity contribution in [2.45, 2.75) is 58.4 Å². The third-order valence-electron chi connectivity index (χ3n) is 4.33. The smallest absolute Gasteiger partial charge is 0.00385 e. The summed E-state index contributed by atoms with van der Waals surface area (Å²) in [5.41, 5.74) is 3.00. The van der Waals surface area contributed by atoms with E-state index in [2.05, 4.69) is 56.9 Å². The first-order chi connectivity index (χ1) is 8.58. The van der Waals surface area contributed by atoms with Crippen LogP contribution in [0.2, 0.25) is 0 Å². The first kappa shape index (κ1) is 13.6. The van der Waals surface area contributed by atoms with Crippen molar-refractivity contribution in [2.75, 3.05) is 13.1 Å². The number of piperidine rings is 1. The van der Waals surface area contributed by atoms with Crippen molar-refractivity contribution >= 4 is 0 Å². The van der Waals surface area contributed by atoms with Crippen molar-refractivity contribution in [3.05, 3.63) is 35.4 Å². The molecule has 18 heavy (non-hydrogen) atoms. The molecule has 2 rings (SSSR count). The molecular formula is C17H27N. The number of hydrogen-bond acceptors (Lipinski definition) is 1. The fourth-order valence-electron chi connectivity index (χ4n) is 2.90. The van der Waals surface area contributed by atoms with Gasteiger partial charge in [0, 0.05) is 6.04 Å². The average Bonchev–Trinajstić information content (AvgIpc) is 2.39. The third kappa shape index (κ3) is 3.14. The molecule has 0 aromatic heterocycles. The average molecular weight is 245 g/mol. The summed E-state index contributed by atoms with van der Waals surface area (Å²) >= 11 is 0. The van der Waals surface area contributed by atoms with Gasteiger partial charge < -0.3 is 4.90 Å². The monoisotopic (exact) mass is 245 g/mol. The van der Waals surface area contributed by atoms with Crippen LogP contribution < -0.4 is 0 Å². The van der Waals surface area contributed by atoms with Crippen LogP contribution in [0, 0.1) is 0 Å². The Morgan fingerprint density at radius 1 is 0.944 bits per heavy atom.